The number of carbonyl (C=O) groups excluding carboxylic acids is 1. The summed E-state index contributed by atoms with van der Waals surface area (Å²) in [5, 5.41) is 12.2. The van der Waals surface area contributed by atoms with Crippen molar-refractivity contribution >= 4 is 11.6 Å². The third-order valence-corrected chi connectivity index (χ3v) is 6.48. The van der Waals surface area contributed by atoms with Crippen molar-refractivity contribution < 1.29 is 4.79 Å². The SMILES string of the molecule is Cc1cccc(N2CCN(CCCCNC(=O)CCc3c(C)[nH]c(=O)c(C#N)c3C)CC2)c1. The monoisotopic (exact) mass is 449 g/mol. The summed E-state index contributed by atoms with van der Waals surface area (Å²) in [7, 11) is 0. The van der Waals surface area contributed by atoms with E-state index >= 15 is 0 Å². The number of piperazine rings is 1. The predicted octanol–water partition coefficient (Wildman–Crippen LogP) is 2.82. The molecule has 2 N–H and O–H groups in total. The van der Waals surface area contributed by atoms with Crippen molar-refractivity contribution in [2.45, 2.75) is 46.5 Å². The lowest BCUT2D eigenvalue weighted by molar-refractivity contribution is -0.121. The minimum atomic E-state index is -0.364. The van der Waals surface area contributed by atoms with Gasteiger partial charge in [-0.25, -0.2) is 0 Å². The van der Waals surface area contributed by atoms with Crippen LogP contribution in [0, 0.1) is 32.1 Å². The van der Waals surface area contributed by atoms with Crippen LogP contribution in [0.1, 0.15) is 47.2 Å². The lowest BCUT2D eigenvalue weighted by atomic mass is 9.99. The fourth-order valence-electron chi connectivity index (χ4n) is 4.49. The number of pyridine rings is 1. The van der Waals surface area contributed by atoms with Crippen molar-refractivity contribution in [1.82, 2.24) is 15.2 Å². The van der Waals surface area contributed by atoms with Gasteiger partial charge in [-0.15, -0.1) is 0 Å². The van der Waals surface area contributed by atoms with Gasteiger partial charge in [0.2, 0.25) is 5.91 Å². The molecule has 1 aliphatic rings. The van der Waals surface area contributed by atoms with Gasteiger partial charge in [0.1, 0.15) is 11.6 Å². The first-order valence-corrected chi connectivity index (χ1v) is 11.8. The highest BCUT2D eigenvalue weighted by molar-refractivity contribution is 5.76. The van der Waals surface area contributed by atoms with E-state index in [4.69, 9.17) is 0 Å². The number of hydrogen-bond donors (Lipinski definition) is 2. The number of nitrogens with zero attached hydrogens (tertiary/aromatic N) is 3. The number of aromatic amines is 1. The van der Waals surface area contributed by atoms with Gasteiger partial charge in [-0.1, -0.05) is 12.1 Å². The van der Waals surface area contributed by atoms with Gasteiger partial charge < -0.3 is 15.2 Å². The van der Waals surface area contributed by atoms with Gasteiger partial charge in [-0.3, -0.25) is 14.5 Å². The van der Waals surface area contributed by atoms with E-state index in [-0.39, 0.29) is 17.0 Å². The summed E-state index contributed by atoms with van der Waals surface area (Å²) in [6, 6.07) is 10.7. The molecule has 0 spiro atoms. The van der Waals surface area contributed by atoms with Crippen molar-refractivity contribution in [3.63, 3.8) is 0 Å². The highest BCUT2D eigenvalue weighted by atomic mass is 16.1. The Kier molecular flexibility index (Phi) is 8.67. The molecule has 1 aliphatic heterocycles. The Balaban J connectivity index is 1.32. The zero-order chi connectivity index (χ0) is 23.8. The minimum absolute atomic E-state index is 0.00489. The van der Waals surface area contributed by atoms with Crippen molar-refractivity contribution in [3.8, 4) is 6.07 Å². The number of benzene rings is 1. The third-order valence-electron chi connectivity index (χ3n) is 6.48. The molecule has 7 nitrogen and oxygen atoms in total. The molecule has 0 radical (unpaired) electrons. The molecule has 0 aliphatic carbocycles. The van der Waals surface area contributed by atoms with Crippen molar-refractivity contribution in [1.29, 1.82) is 5.26 Å². The maximum absolute atomic E-state index is 12.3. The molecular weight excluding hydrogens is 414 g/mol. The number of amides is 1. The number of aromatic nitrogens is 1. The molecule has 1 aromatic carbocycles. The molecular formula is C26H35N5O2. The summed E-state index contributed by atoms with van der Waals surface area (Å²) < 4.78 is 0. The number of H-pyrrole nitrogens is 1. The van der Waals surface area contributed by atoms with E-state index in [1.807, 2.05) is 13.0 Å². The highest BCUT2D eigenvalue weighted by Gasteiger charge is 2.17. The van der Waals surface area contributed by atoms with E-state index in [1.165, 1.54) is 11.3 Å². The second-order valence-corrected chi connectivity index (χ2v) is 8.89. The van der Waals surface area contributed by atoms with Crippen LogP contribution in [0.15, 0.2) is 29.1 Å². The summed E-state index contributed by atoms with van der Waals surface area (Å²) in [6.45, 7) is 11.7. The maximum atomic E-state index is 12.3. The second kappa shape index (κ2) is 11.7. The van der Waals surface area contributed by atoms with Crippen LogP contribution in [-0.2, 0) is 11.2 Å². The maximum Gasteiger partial charge on any atom is 0.266 e. The largest absolute Gasteiger partial charge is 0.369 e. The molecule has 7 heteroatoms. The summed E-state index contributed by atoms with van der Waals surface area (Å²) in [5.41, 5.74) is 4.67. The number of unbranched alkanes of at least 4 members (excludes halogenated alkanes) is 1. The predicted molar refractivity (Wildman–Crippen MR) is 132 cm³/mol. The molecule has 2 aromatic rings. The molecule has 1 fully saturated rings. The molecule has 1 aromatic heterocycles. The minimum Gasteiger partial charge on any atom is -0.369 e. The standard InChI is InChI=1S/C26H35N5O2/c1-19-7-6-8-22(17-19)31-15-13-30(14-16-31)12-5-4-11-28-25(32)10-9-23-20(2)24(18-27)26(33)29-21(23)3/h6-8,17H,4-5,9-16H2,1-3H3,(H,28,32)(H,29,33). The lowest BCUT2D eigenvalue weighted by Gasteiger charge is -2.36. The first kappa shape index (κ1) is 24.5. The molecule has 33 heavy (non-hydrogen) atoms. The number of rotatable bonds is 9. The van der Waals surface area contributed by atoms with Crippen LogP contribution in [0.5, 0.6) is 0 Å². The molecule has 0 bridgehead atoms. The molecule has 0 saturated carbocycles. The Hall–Kier alpha value is -3.11. The topological polar surface area (TPSA) is 92.2 Å². The van der Waals surface area contributed by atoms with E-state index in [1.54, 1.807) is 6.92 Å². The number of hydrogen-bond acceptors (Lipinski definition) is 5. The van der Waals surface area contributed by atoms with Crippen LogP contribution in [0.4, 0.5) is 5.69 Å². The summed E-state index contributed by atoms with van der Waals surface area (Å²) in [5.74, 6) is 0.00489. The number of anilines is 1. The fourth-order valence-corrected chi connectivity index (χ4v) is 4.49. The van der Waals surface area contributed by atoms with Crippen LogP contribution in [-0.4, -0.2) is 55.1 Å². The van der Waals surface area contributed by atoms with Gasteiger partial charge in [0.15, 0.2) is 0 Å². The molecule has 2 heterocycles. The van der Waals surface area contributed by atoms with Crippen molar-refractivity contribution in [3.05, 3.63) is 62.6 Å². The Morgan fingerprint density at radius 1 is 1.15 bits per heavy atom. The normalized spacial score (nSPS) is 14.2. The molecule has 0 atom stereocenters. The van der Waals surface area contributed by atoms with E-state index in [0.29, 0.717) is 24.9 Å². The van der Waals surface area contributed by atoms with Crippen LogP contribution < -0.4 is 15.8 Å². The van der Waals surface area contributed by atoms with Gasteiger partial charge in [0.05, 0.1) is 0 Å². The summed E-state index contributed by atoms with van der Waals surface area (Å²) in [6.07, 6.45) is 2.88. The Morgan fingerprint density at radius 3 is 2.61 bits per heavy atom. The zero-order valence-corrected chi connectivity index (χ0v) is 20.0. The number of nitriles is 1. The molecule has 1 amide bonds. The Labute approximate surface area is 196 Å². The Morgan fingerprint density at radius 2 is 1.91 bits per heavy atom. The number of nitrogens with one attached hydrogen (secondary N) is 2. The molecule has 0 unspecified atom stereocenters. The first-order chi connectivity index (χ1) is 15.9. The fraction of sp³-hybridized carbons (Fsp3) is 0.500. The summed E-state index contributed by atoms with van der Waals surface area (Å²) >= 11 is 0. The first-order valence-electron chi connectivity index (χ1n) is 11.8. The van der Waals surface area contributed by atoms with Crippen LogP contribution in [0.2, 0.25) is 0 Å². The second-order valence-electron chi connectivity index (χ2n) is 8.89. The van der Waals surface area contributed by atoms with Gasteiger partial charge in [-0.05, 0) is 75.4 Å². The van der Waals surface area contributed by atoms with Crippen LogP contribution in [0.25, 0.3) is 0 Å². The van der Waals surface area contributed by atoms with Gasteiger partial charge in [0, 0.05) is 50.5 Å². The van der Waals surface area contributed by atoms with E-state index in [0.717, 1.165) is 56.8 Å². The molecule has 176 valence electrons. The number of aryl methyl sites for hydroxylation is 2. The van der Waals surface area contributed by atoms with Gasteiger partial charge in [-0.2, -0.15) is 5.26 Å². The molecule has 1 saturated heterocycles. The molecule has 3 rings (SSSR count). The summed E-state index contributed by atoms with van der Waals surface area (Å²) in [4.78, 5) is 31.8. The highest BCUT2D eigenvalue weighted by Crippen LogP contribution is 2.18. The van der Waals surface area contributed by atoms with Gasteiger partial charge in [0.25, 0.3) is 5.56 Å². The van der Waals surface area contributed by atoms with Crippen molar-refractivity contribution in [2.24, 2.45) is 0 Å². The van der Waals surface area contributed by atoms with E-state index < -0.39 is 0 Å². The lowest BCUT2D eigenvalue weighted by Crippen LogP contribution is -2.46. The van der Waals surface area contributed by atoms with Crippen LogP contribution >= 0.6 is 0 Å². The smallest absolute Gasteiger partial charge is 0.266 e. The van der Waals surface area contributed by atoms with Crippen LogP contribution in [0.3, 0.4) is 0 Å². The van der Waals surface area contributed by atoms with E-state index in [9.17, 15) is 14.9 Å². The zero-order valence-electron chi connectivity index (χ0n) is 20.0. The van der Waals surface area contributed by atoms with E-state index in [2.05, 4.69) is 51.3 Å². The Bertz CT molecular complexity index is 1060. The quantitative estimate of drug-likeness (QED) is 0.575. The third kappa shape index (κ3) is 6.69. The van der Waals surface area contributed by atoms with Crippen molar-refractivity contribution in [2.75, 3.05) is 44.2 Å². The average Bonchev–Trinajstić information content (AvgIpc) is 2.79. The van der Waals surface area contributed by atoms with Gasteiger partial charge >= 0.3 is 0 Å². The average molecular weight is 450 g/mol. The number of carbonyl (C=O) groups is 1.